The van der Waals surface area contributed by atoms with Crippen LogP contribution in [0.5, 0.6) is 0 Å². The lowest BCUT2D eigenvalue weighted by atomic mass is 10.0. The molecule has 1 aromatic rings. The highest BCUT2D eigenvalue weighted by molar-refractivity contribution is 5.80. The zero-order valence-corrected chi connectivity index (χ0v) is 13.8. The highest BCUT2D eigenvalue weighted by Gasteiger charge is 2.32. The van der Waals surface area contributed by atoms with Gasteiger partial charge in [0, 0.05) is 57.8 Å². The average molecular weight is 335 g/mol. The smallest absolute Gasteiger partial charge is 0.242 e. The summed E-state index contributed by atoms with van der Waals surface area (Å²) in [5.74, 6) is -0.676. The van der Waals surface area contributed by atoms with E-state index >= 15 is 0 Å². The Bertz CT molecular complexity index is 556. The van der Waals surface area contributed by atoms with Crippen LogP contribution < -0.4 is 5.73 Å². The number of rotatable bonds is 4. The molecule has 2 aliphatic heterocycles. The molecule has 0 bridgehead atoms. The number of hydrogen-bond acceptors (Lipinski definition) is 5. The maximum atomic E-state index is 12.6. The van der Waals surface area contributed by atoms with Crippen LogP contribution in [0, 0.1) is 5.92 Å². The Balaban J connectivity index is 1.66. The summed E-state index contributed by atoms with van der Waals surface area (Å²) in [5, 5.41) is 0. The SMILES string of the molecule is NC(=O)C1CN(C(=O)Cn2ccnc2)CCN(C2CCOCC2)C1. The van der Waals surface area contributed by atoms with Crippen LogP contribution in [0.1, 0.15) is 12.8 Å². The molecule has 1 atom stereocenters. The summed E-state index contributed by atoms with van der Waals surface area (Å²) >= 11 is 0. The van der Waals surface area contributed by atoms with Crippen molar-refractivity contribution >= 4 is 11.8 Å². The Labute approximate surface area is 141 Å². The lowest BCUT2D eigenvalue weighted by Crippen LogP contribution is -2.44. The van der Waals surface area contributed by atoms with Crippen molar-refractivity contribution in [2.24, 2.45) is 11.7 Å². The molecule has 2 amide bonds. The molecule has 1 aromatic heterocycles. The third-order valence-corrected chi connectivity index (χ3v) is 4.89. The number of primary amides is 1. The first-order valence-electron chi connectivity index (χ1n) is 8.48. The van der Waals surface area contributed by atoms with E-state index in [-0.39, 0.29) is 24.3 Å². The summed E-state index contributed by atoms with van der Waals surface area (Å²) in [5.41, 5.74) is 5.58. The molecule has 0 spiro atoms. The quantitative estimate of drug-likeness (QED) is 0.786. The van der Waals surface area contributed by atoms with Gasteiger partial charge in [-0.05, 0) is 12.8 Å². The third-order valence-electron chi connectivity index (χ3n) is 4.89. The Morgan fingerprint density at radius 3 is 2.67 bits per heavy atom. The number of aromatic nitrogens is 2. The molecule has 2 N–H and O–H groups in total. The van der Waals surface area contributed by atoms with Gasteiger partial charge >= 0.3 is 0 Å². The number of ether oxygens (including phenoxy) is 1. The Hall–Kier alpha value is -1.93. The van der Waals surface area contributed by atoms with Gasteiger partial charge in [-0.3, -0.25) is 14.5 Å². The first-order chi connectivity index (χ1) is 11.6. The zero-order chi connectivity index (χ0) is 16.9. The van der Waals surface area contributed by atoms with Gasteiger partial charge in [0.2, 0.25) is 11.8 Å². The van der Waals surface area contributed by atoms with Crippen molar-refractivity contribution in [3.8, 4) is 0 Å². The number of imidazole rings is 1. The predicted molar refractivity (Wildman–Crippen MR) is 86.9 cm³/mol. The second-order valence-corrected chi connectivity index (χ2v) is 6.51. The number of amides is 2. The van der Waals surface area contributed by atoms with E-state index in [4.69, 9.17) is 10.5 Å². The van der Waals surface area contributed by atoms with Crippen molar-refractivity contribution in [1.29, 1.82) is 0 Å². The number of nitrogens with zero attached hydrogens (tertiary/aromatic N) is 4. The van der Waals surface area contributed by atoms with E-state index < -0.39 is 0 Å². The molecule has 0 aromatic carbocycles. The Morgan fingerprint density at radius 1 is 1.21 bits per heavy atom. The monoisotopic (exact) mass is 335 g/mol. The molecule has 1 unspecified atom stereocenters. The highest BCUT2D eigenvalue weighted by Crippen LogP contribution is 2.19. The van der Waals surface area contributed by atoms with Gasteiger partial charge in [0.05, 0.1) is 12.2 Å². The van der Waals surface area contributed by atoms with Crippen LogP contribution in [0.25, 0.3) is 0 Å². The fourth-order valence-electron chi connectivity index (χ4n) is 3.46. The van der Waals surface area contributed by atoms with E-state index in [1.54, 1.807) is 28.2 Å². The van der Waals surface area contributed by atoms with Crippen molar-refractivity contribution in [3.05, 3.63) is 18.7 Å². The molecule has 24 heavy (non-hydrogen) atoms. The molecule has 2 saturated heterocycles. The lowest BCUT2D eigenvalue weighted by Gasteiger charge is -2.34. The third kappa shape index (κ3) is 4.12. The fraction of sp³-hybridized carbons (Fsp3) is 0.688. The van der Waals surface area contributed by atoms with Gasteiger partial charge in [0.15, 0.2) is 0 Å². The molecule has 0 aliphatic carbocycles. The van der Waals surface area contributed by atoms with Gasteiger partial charge in [-0.15, -0.1) is 0 Å². The second kappa shape index (κ2) is 7.76. The number of hydrogen-bond donors (Lipinski definition) is 1. The minimum absolute atomic E-state index is 0.00641. The van der Waals surface area contributed by atoms with E-state index in [2.05, 4.69) is 9.88 Å². The first kappa shape index (κ1) is 16.9. The second-order valence-electron chi connectivity index (χ2n) is 6.51. The maximum Gasteiger partial charge on any atom is 0.242 e. The molecular formula is C16H25N5O3. The van der Waals surface area contributed by atoms with E-state index in [1.807, 2.05) is 0 Å². The van der Waals surface area contributed by atoms with Gasteiger partial charge in [-0.2, -0.15) is 0 Å². The van der Waals surface area contributed by atoms with E-state index in [0.29, 0.717) is 25.7 Å². The molecule has 0 radical (unpaired) electrons. The fourth-order valence-corrected chi connectivity index (χ4v) is 3.46. The van der Waals surface area contributed by atoms with Gasteiger partial charge < -0.3 is 19.9 Å². The minimum atomic E-state index is -0.339. The summed E-state index contributed by atoms with van der Waals surface area (Å²) in [4.78, 5) is 32.4. The average Bonchev–Trinajstić information content (AvgIpc) is 2.98. The Morgan fingerprint density at radius 2 is 2.00 bits per heavy atom. The van der Waals surface area contributed by atoms with Crippen molar-refractivity contribution in [1.82, 2.24) is 19.4 Å². The molecule has 2 aliphatic rings. The van der Waals surface area contributed by atoms with Crippen LogP contribution in [-0.2, 0) is 20.9 Å². The number of nitrogens with two attached hydrogens (primary N) is 1. The maximum absolute atomic E-state index is 12.6. The summed E-state index contributed by atoms with van der Waals surface area (Å²) in [6.07, 6.45) is 6.96. The molecule has 8 nitrogen and oxygen atoms in total. The summed E-state index contributed by atoms with van der Waals surface area (Å²) in [6, 6.07) is 0.407. The minimum Gasteiger partial charge on any atom is -0.381 e. The first-order valence-corrected chi connectivity index (χ1v) is 8.48. The summed E-state index contributed by atoms with van der Waals surface area (Å²) in [7, 11) is 0. The Kier molecular flexibility index (Phi) is 5.47. The van der Waals surface area contributed by atoms with E-state index in [1.165, 1.54) is 0 Å². The largest absolute Gasteiger partial charge is 0.381 e. The van der Waals surface area contributed by atoms with Gasteiger partial charge in [0.25, 0.3) is 0 Å². The molecule has 132 valence electrons. The van der Waals surface area contributed by atoms with Crippen molar-refractivity contribution in [2.45, 2.75) is 25.4 Å². The van der Waals surface area contributed by atoms with Crippen molar-refractivity contribution < 1.29 is 14.3 Å². The number of carbonyl (C=O) groups excluding carboxylic acids is 2. The van der Waals surface area contributed by atoms with Crippen molar-refractivity contribution in [3.63, 3.8) is 0 Å². The molecule has 2 fully saturated rings. The van der Waals surface area contributed by atoms with Gasteiger partial charge in [-0.1, -0.05) is 0 Å². The standard InChI is InChI=1S/C16H25N5O3/c17-16(23)13-9-20(14-1-7-24-8-2-14)5-6-21(10-13)15(22)11-19-4-3-18-12-19/h3-4,12-14H,1-2,5-11H2,(H2,17,23). The molecular weight excluding hydrogens is 310 g/mol. The lowest BCUT2D eigenvalue weighted by molar-refractivity contribution is -0.133. The van der Waals surface area contributed by atoms with Crippen molar-refractivity contribution in [2.75, 3.05) is 39.4 Å². The normalized spacial score (nSPS) is 23.8. The van der Waals surface area contributed by atoms with Crippen LogP contribution in [-0.4, -0.2) is 76.6 Å². The molecule has 0 saturated carbocycles. The summed E-state index contributed by atoms with van der Waals surface area (Å²) < 4.78 is 7.16. The topological polar surface area (TPSA) is 93.7 Å². The molecule has 8 heteroatoms. The molecule has 3 rings (SSSR count). The van der Waals surface area contributed by atoms with E-state index in [0.717, 1.165) is 32.6 Å². The zero-order valence-electron chi connectivity index (χ0n) is 13.8. The van der Waals surface area contributed by atoms with Crippen LogP contribution in [0.2, 0.25) is 0 Å². The van der Waals surface area contributed by atoms with Crippen LogP contribution in [0.4, 0.5) is 0 Å². The predicted octanol–water partition coefficient (Wildman–Crippen LogP) is -0.692. The number of carbonyl (C=O) groups is 2. The van der Waals surface area contributed by atoms with Gasteiger partial charge in [-0.25, -0.2) is 4.98 Å². The van der Waals surface area contributed by atoms with Crippen LogP contribution in [0.15, 0.2) is 18.7 Å². The van der Waals surface area contributed by atoms with E-state index in [9.17, 15) is 9.59 Å². The van der Waals surface area contributed by atoms with Crippen LogP contribution >= 0.6 is 0 Å². The molecule has 3 heterocycles. The highest BCUT2D eigenvalue weighted by atomic mass is 16.5. The van der Waals surface area contributed by atoms with Gasteiger partial charge in [0.1, 0.15) is 6.54 Å². The summed E-state index contributed by atoms with van der Waals surface area (Å²) in [6.45, 7) is 4.15. The van der Waals surface area contributed by atoms with Crippen LogP contribution in [0.3, 0.4) is 0 Å².